The van der Waals surface area contributed by atoms with Crippen LogP contribution in [0.4, 0.5) is 0 Å². The van der Waals surface area contributed by atoms with Gasteiger partial charge in [-0.25, -0.2) is 0 Å². The second-order valence-corrected chi connectivity index (χ2v) is 41.0. The van der Waals surface area contributed by atoms with Crippen molar-refractivity contribution in [3.63, 3.8) is 0 Å². The van der Waals surface area contributed by atoms with E-state index in [0.717, 1.165) is 106 Å². The molecule has 2 aromatic heterocycles. The number of benzene rings is 8. The first kappa shape index (κ1) is 75.7. The number of phenolic OH excluding ortho intramolecular Hbond substituents is 2. The highest BCUT2D eigenvalue weighted by atomic mass is 16.5. The van der Waals surface area contributed by atoms with Crippen LogP contribution >= 0.6 is 0 Å². The summed E-state index contributed by atoms with van der Waals surface area (Å²) in [5.41, 5.74) is 17.6. The summed E-state index contributed by atoms with van der Waals surface area (Å²) in [4.78, 5) is 0. The molecule has 1 aliphatic carbocycles. The number of aromatic hydroxyl groups is 2. The molecule has 1 fully saturated rings. The number of nitrogens with zero attached hydrogens (tertiary/aromatic N) is 2. The summed E-state index contributed by atoms with van der Waals surface area (Å²) in [6.45, 7) is 65.5. The summed E-state index contributed by atoms with van der Waals surface area (Å²) < 4.78 is 19.6. The fourth-order valence-electron chi connectivity index (χ4n) is 16.8. The largest absolute Gasteiger partial charge is 0.505 e. The van der Waals surface area contributed by atoms with Gasteiger partial charge in [-0.15, -0.1) is 0 Å². The van der Waals surface area contributed by atoms with Crippen LogP contribution in [-0.4, -0.2) is 32.6 Å². The van der Waals surface area contributed by atoms with Crippen LogP contribution in [0.15, 0.2) is 133 Å². The van der Waals surface area contributed by atoms with Crippen molar-refractivity contribution < 1.29 is 19.7 Å². The third kappa shape index (κ3) is 15.5. The number of hydrogen-bond acceptors (Lipinski definition) is 4. The number of phenols is 2. The minimum Gasteiger partial charge on any atom is -0.505 e. The minimum absolute atomic E-state index is 0.0256. The number of rotatable bonds is 14. The third-order valence-electron chi connectivity index (χ3n) is 22.4. The Balaban J connectivity index is 1.03. The molecule has 2 heterocycles. The lowest BCUT2D eigenvalue weighted by Crippen LogP contribution is -2.30. The zero-order valence-corrected chi connectivity index (χ0v) is 68.1. The lowest BCUT2D eigenvalue weighted by Gasteiger charge is -2.34. The third-order valence-corrected chi connectivity index (χ3v) is 22.4. The van der Waals surface area contributed by atoms with E-state index in [1.54, 1.807) is 0 Å². The van der Waals surface area contributed by atoms with Gasteiger partial charge in [0.15, 0.2) is 0 Å². The lowest BCUT2D eigenvalue weighted by molar-refractivity contribution is 0.105. The van der Waals surface area contributed by atoms with E-state index >= 15 is 0 Å². The van der Waals surface area contributed by atoms with Crippen LogP contribution in [0.1, 0.15) is 277 Å². The molecule has 1 saturated carbocycles. The topological polar surface area (TPSA) is 68.8 Å². The van der Waals surface area contributed by atoms with Crippen LogP contribution in [0.25, 0.3) is 77.2 Å². The molecule has 102 heavy (non-hydrogen) atoms. The van der Waals surface area contributed by atoms with Gasteiger partial charge in [0.1, 0.15) is 23.0 Å². The number of fused-ring (bicyclic) bond motifs is 6. The van der Waals surface area contributed by atoms with Gasteiger partial charge in [-0.3, -0.25) is 0 Å². The summed E-state index contributed by atoms with van der Waals surface area (Å²) >= 11 is 0. The second kappa shape index (κ2) is 26.3. The zero-order chi connectivity index (χ0) is 74.9. The van der Waals surface area contributed by atoms with E-state index in [2.05, 4.69) is 336 Å². The Kier molecular flexibility index (Phi) is 19.5. The van der Waals surface area contributed by atoms with E-state index in [1.807, 2.05) is 0 Å². The Hall–Kier alpha value is -7.44. The zero-order valence-electron chi connectivity index (χ0n) is 68.1. The molecule has 0 spiro atoms. The Morgan fingerprint density at radius 2 is 0.549 bits per heavy atom. The first-order chi connectivity index (χ1) is 46.9. The van der Waals surface area contributed by atoms with E-state index in [9.17, 15) is 10.2 Å². The summed E-state index contributed by atoms with van der Waals surface area (Å²) in [6.07, 6.45) is 6.10. The molecule has 2 atom stereocenters. The van der Waals surface area contributed by atoms with E-state index in [1.165, 1.54) is 66.1 Å². The molecule has 10 aromatic rings. The van der Waals surface area contributed by atoms with Crippen LogP contribution in [-0.2, 0) is 43.3 Å². The Morgan fingerprint density at radius 1 is 0.304 bits per heavy atom. The van der Waals surface area contributed by atoms with Gasteiger partial charge >= 0.3 is 0 Å². The summed E-state index contributed by atoms with van der Waals surface area (Å²) in [6, 6.07) is 50.4. The van der Waals surface area contributed by atoms with Crippen LogP contribution in [0.2, 0.25) is 0 Å². The molecule has 0 amide bonds. The summed E-state index contributed by atoms with van der Waals surface area (Å²) in [5.74, 6) is 2.38. The Labute approximate surface area is 615 Å². The number of ether oxygens (including phenoxy) is 2. The second-order valence-electron chi connectivity index (χ2n) is 41.0. The first-order valence-electron chi connectivity index (χ1n) is 38.4. The van der Waals surface area contributed by atoms with Crippen molar-refractivity contribution in [3.8, 4) is 56.6 Å². The molecule has 0 unspecified atom stereocenters. The maximum absolute atomic E-state index is 13.7. The normalized spacial score (nSPS) is 15.9. The highest BCUT2D eigenvalue weighted by Gasteiger charge is 2.36. The van der Waals surface area contributed by atoms with Gasteiger partial charge in [-0.1, -0.05) is 267 Å². The van der Waals surface area contributed by atoms with Crippen LogP contribution in [0.3, 0.4) is 0 Å². The monoisotopic (exact) mass is 1370 g/mol. The van der Waals surface area contributed by atoms with E-state index in [0.29, 0.717) is 13.2 Å². The van der Waals surface area contributed by atoms with E-state index in [4.69, 9.17) is 9.47 Å². The maximum Gasteiger partial charge on any atom is 0.147 e. The number of hydrogen-bond donors (Lipinski definition) is 2. The quantitative estimate of drug-likeness (QED) is 0.114. The molecular formula is C96H126N2O4. The molecule has 6 nitrogen and oxygen atoms in total. The molecule has 1 aliphatic rings. The summed E-state index contributed by atoms with van der Waals surface area (Å²) in [5, 5.41) is 32.0. The van der Waals surface area contributed by atoms with Crippen LogP contribution in [0.5, 0.6) is 23.0 Å². The predicted molar refractivity (Wildman–Crippen MR) is 439 cm³/mol. The number of aromatic nitrogens is 2. The van der Waals surface area contributed by atoms with Gasteiger partial charge in [0.25, 0.3) is 0 Å². The van der Waals surface area contributed by atoms with Crippen LogP contribution < -0.4 is 9.47 Å². The molecule has 544 valence electrons. The molecule has 11 rings (SSSR count). The van der Waals surface area contributed by atoms with Crippen LogP contribution in [0, 0.1) is 22.7 Å². The average molecular weight is 1370 g/mol. The molecular weight excluding hydrogens is 1250 g/mol. The fourth-order valence-corrected chi connectivity index (χ4v) is 16.8. The van der Waals surface area contributed by atoms with Crippen molar-refractivity contribution in [1.29, 1.82) is 0 Å². The minimum atomic E-state index is -0.280. The van der Waals surface area contributed by atoms with Crippen molar-refractivity contribution in [2.24, 2.45) is 22.7 Å². The SMILES string of the molecule is CC(C)(C)CC(C)(C)c1cc(-c2cc(C(C)(C)C)ccc2OC[C@H]2CCCC[C@H]2COc2ccc(C(C)(C)C)cc2-c2cc(C(C)(C)CC(C)(C)C)cc(-n3c4cc(C(C)(C)C)ccc4c4ccc(C(C)(C)C)cc43)c2O)c(O)c(-n2c3cc(C(C)(C)C)ccc3c3ccc(C(C)(C)C)cc32)c1. The van der Waals surface area contributed by atoms with Gasteiger partial charge in [0, 0.05) is 43.8 Å². The molecule has 0 aliphatic heterocycles. The predicted octanol–water partition coefficient (Wildman–Crippen LogP) is 27.1. The molecule has 0 radical (unpaired) electrons. The molecule has 2 N–H and O–H groups in total. The van der Waals surface area contributed by atoms with Gasteiger partial charge in [-0.2, -0.15) is 0 Å². The van der Waals surface area contributed by atoms with Crippen molar-refractivity contribution in [2.75, 3.05) is 13.2 Å². The van der Waals surface area contributed by atoms with Gasteiger partial charge in [-0.05, 0) is 209 Å². The molecule has 0 saturated heterocycles. The van der Waals surface area contributed by atoms with Gasteiger partial charge < -0.3 is 28.8 Å². The summed E-state index contributed by atoms with van der Waals surface area (Å²) in [7, 11) is 0. The Morgan fingerprint density at radius 3 is 0.804 bits per heavy atom. The fraction of sp³-hybridized carbons (Fsp3) is 0.500. The highest BCUT2D eigenvalue weighted by Crippen LogP contribution is 2.52. The first-order valence-corrected chi connectivity index (χ1v) is 38.4. The van der Waals surface area contributed by atoms with E-state index in [-0.39, 0.29) is 77.5 Å². The smallest absolute Gasteiger partial charge is 0.147 e. The standard InChI is InChI=1S/C96H126N2O4/c1-87(2,3)57-95(25,26)67-47-75(85(99)81(53-67)97-77-49-63(91(13,14)15)33-39-69(77)70-40-34-64(50-78(70)97)92(16,17)18)73-45-61(89(7,8)9)37-43-83(73)101-55-59-31-29-30-32-60(59)56-102-84-44-38-62(90(10,11)12)46-74(84)76-48-68(96(27,28)58-88(4,5)6)54-82(86(76)100)98-79-51-65(93(19,20)21)35-41-71(79)72-42-36-66(52-80(72)98)94(22,23)24/h33-54,59-60,99-100H,29-32,55-58H2,1-28H3/t59-,60+. The van der Waals surface area contributed by atoms with Gasteiger partial charge in [0.05, 0.1) is 46.7 Å². The van der Waals surface area contributed by atoms with Crippen molar-refractivity contribution in [2.45, 2.75) is 276 Å². The maximum atomic E-state index is 13.7. The highest BCUT2D eigenvalue weighted by molar-refractivity contribution is 6.11. The molecule has 6 heteroatoms. The van der Waals surface area contributed by atoms with E-state index < -0.39 is 0 Å². The Bertz CT molecular complexity index is 4360. The van der Waals surface area contributed by atoms with Crippen molar-refractivity contribution in [1.82, 2.24) is 9.13 Å². The van der Waals surface area contributed by atoms with Crippen molar-refractivity contribution in [3.05, 3.63) is 178 Å². The molecule has 0 bridgehead atoms. The van der Waals surface area contributed by atoms with Gasteiger partial charge in [0.2, 0.25) is 0 Å². The van der Waals surface area contributed by atoms with Crippen molar-refractivity contribution >= 4 is 43.6 Å². The average Bonchev–Trinajstić information content (AvgIpc) is 1.55. The lowest BCUT2D eigenvalue weighted by atomic mass is 9.71. The molecule has 8 aromatic carbocycles.